The van der Waals surface area contributed by atoms with Gasteiger partial charge in [-0.1, -0.05) is 143 Å². The molecule has 0 spiro atoms. The van der Waals surface area contributed by atoms with Gasteiger partial charge >= 0.3 is 5.97 Å². The molecular weight excluding hydrogens is 1500 g/mol. The number of benzene rings is 2. The van der Waals surface area contributed by atoms with Crippen molar-refractivity contribution in [3.05, 3.63) is 71.8 Å². The monoisotopic (exact) mass is 1630 g/mol. The van der Waals surface area contributed by atoms with Gasteiger partial charge in [0.15, 0.2) is 41.0 Å². The number of Topliss-reactive ketones (excluding diaryl/α,β-unsaturated/α-hetero) is 6. The van der Waals surface area contributed by atoms with Crippen LogP contribution in [-0.4, -0.2) is 184 Å². The van der Waals surface area contributed by atoms with E-state index in [4.69, 9.17) is 40.1 Å². The predicted molar refractivity (Wildman–Crippen MR) is 440 cm³/mol. The first-order chi connectivity index (χ1) is 54.2. The van der Waals surface area contributed by atoms with Crippen molar-refractivity contribution in [2.45, 2.75) is 234 Å². The molecule has 33 nitrogen and oxygen atoms in total. The van der Waals surface area contributed by atoms with Crippen LogP contribution < -0.4 is 77.4 Å². The fourth-order valence-corrected chi connectivity index (χ4v) is 14.4. The molecule has 0 bridgehead atoms. The molecule has 1 fully saturated rings. The normalized spacial score (nSPS) is 23.9. The minimum Gasteiger partial charge on any atom is -0.481 e. The first-order valence-corrected chi connectivity index (χ1v) is 41.0. The van der Waals surface area contributed by atoms with Crippen LogP contribution in [-0.2, 0) is 84.8 Å². The van der Waals surface area contributed by atoms with Crippen LogP contribution in [0.2, 0.25) is 0 Å². The Morgan fingerprint density at radius 2 is 0.896 bits per heavy atom. The molecule has 2 aromatic carbocycles. The van der Waals surface area contributed by atoms with E-state index in [1.54, 1.807) is 102 Å². The molecule has 3 rings (SSSR count). The van der Waals surface area contributed by atoms with Gasteiger partial charge in [-0.3, -0.25) is 86.9 Å². The van der Waals surface area contributed by atoms with Crippen LogP contribution in [0.5, 0.6) is 0 Å². The third-order valence-corrected chi connectivity index (χ3v) is 21.7. The minimum absolute atomic E-state index is 0.0157. The van der Waals surface area contributed by atoms with E-state index in [9.17, 15) is 67.4 Å². The quantitative estimate of drug-likeness (QED) is 0.0303. The zero-order valence-corrected chi connectivity index (χ0v) is 69.2. The Morgan fingerprint density at radius 3 is 1.41 bits per heavy atom. The summed E-state index contributed by atoms with van der Waals surface area (Å²) in [6, 6.07) is 6.99. The number of primary amides is 1. The van der Waals surface area contributed by atoms with Gasteiger partial charge in [-0.25, -0.2) is 0 Å². The van der Waals surface area contributed by atoms with Crippen LogP contribution in [0.15, 0.2) is 75.6 Å². The molecule has 115 heavy (non-hydrogen) atoms. The van der Waals surface area contributed by atoms with E-state index < -0.39 is 221 Å². The average Bonchev–Trinajstić information content (AvgIpc) is 0.840. The number of carbonyl (C=O) groups is 15. The molecule has 0 radical (unpaired) electrons. The zero-order chi connectivity index (χ0) is 86.2. The third kappa shape index (κ3) is 37.3. The average molecular weight is 1630 g/mol. The lowest BCUT2D eigenvalue weighted by molar-refractivity contribution is -0.142. The summed E-state index contributed by atoms with van der Waals surface area (Å²) in [4.78, 5) is 229. The number of hydrogen-bond donors (Lipinski definition) is 15. The van der Waals surface area contributed by atoms with Crippen molar-refractivity contribution in [3.8, 4) is 0 Å². The van der Waals surface area contributed by atoms with Gasteiger partial charge in [-0.15, -0.1) is 11.8 Å². The standard InChI is InChI=1S/C81H127N17O16S/c1-11-48(9)56-41-65(101)54(46(5)6)39-68(104)72(49(10)12-2)98-74(110)53(34-45(3)4)38-66(102)59(35-50-22-15-13-16-23-50)92-70(106)44-115-43-62(63(99)29-30-69(82)105)97-76(112)58(28-21-33-91-81(87)88)94-77(113)60(36-51-24-17-14-18-25-51)96-75(111)55(47(7)8)40-67(103)57(27-20-32-90-80(85)86)93-78(114)61(42-71(107)108)95-73(109)52(37-64(56)100)26-19-31-89-79(83)84/h13-18,22-25,45-49,52-62,72H,11-12,19-21,26-44H2,1-10H3,(H2,82,105)(H,92,106)(H,93,114)(H,94,113)(H,95,109)(H,96,111)(H,97,112)(H,98,110)(H,107,108)(H4,83,84,89)(H4,85,86,90)(H4,87,88,91)/t48-,49-,52+,53+,54-,55-,56-,57-,58-,59-,60-,61-,62-,72-/m0/s1. The molecule has 0 unspecified atom stereocenters. The Balaban J connectivity index is 2.40. The Morgan fingerprint density at radius 1 is 0.452 bits per heavy atom. The van der Waals surface area contributed by atoms with E-state index in [2.05, 4.69) is 52.2 Å². The van der Waals surface area contributed by atoms with Crippen LogP contribution in [0, 0.1) is 59.2 Å². The number of hydrogen-bond acceptors (Lipinski definition) is 19. The topological polar surface area (TPSA) is 580 Å². The SMILES string of the molecule is CC[C@H](C)[C@@H]1CC(=O)[C@H](C(C)C)CC(=O)[C@H]([C@@H](C)CC)NC(=O)[C@H](CC(C)C)CC(=O)[C@H](Cc2ccccc2)NC(=O)CSC[C@@H](C(=O)CCC(N)=O)NC(=O)[C@H](CCCN=C(N)N)NC(=O)[C@H](Cc2ccccc2)NC(=O)[C@H](C(C)C)CC(=O)[C@H](CCCN=C(N)N)NC(=O)[C@H](CC(=O)O)NC(=O)[C@H](CCCN=C(N)N)CC1=O. The van der Waals surface area contributed by atoms with Gasteiger partial charge in [0.2, 0.25) is 47.3 Å². The number of thioether (sulfide) groups is 1. The first kappa shape index (κ1) is 99.0. The van der Waals surface area contributed by atoms with E-state index in [1.807, 2.05) is 27.7 Å². The van der Waals surface area contributed by atoms with Crippen LogP contribution in [0.4, 0.5) is 0 Å². The van der Waals surface area contributed by atoms with Crippen molar-refractivity contribution in [2.24, 2.45) is 114 Å². The lowest BCUT2D eigenvalue weighted by atomic mass is 9.75. The highest BCUT2D eigenvalue weighted by atomic mass is 32.2. The summed E-state index contributed by atoms with van der Waals surface area (Å²) in [5.41, 5.74) is 40.5. The summed E-state index contributed by atoms with van der Waals surface area (Å²) < 4.78 is 0. The number of nitrogens with one attached hydrogen (secondary N) is 7. The Kier molecular flexibility index (Phi) is 44.5. The van der Waals surface area contributed by atoms with Gasteiger partial charge in [0.05, 0.1) is 36.3 Å². The fourth-order valence-electron chi connectivity index (χ4n) is 13.5. The molecule has 638 valence electrons. The van der Waals surface area contributed by atoms with Crippen molar-refractivity contribution in [1.29, 1.82) is 0 Å². The van der Waals surface area contributed by atoms with Gasteiger partial charge in [0.1, 0.15) is 29.7 Å². The maximum Gasteiger partial charge on any atom is 0.305 e. The number of amides is 8. The van der Waals surface area contributed by atoms with Crippen molar-refractivity contribution >= 4 is 118 Å². The molecule has 0 aliphatic carbocycles. The number of nitrogens with two attached hydrogens (primary N) is 7. The van der Waals surface area contributed by atoms with Crippen molar-refractivity contribution in [3.63, 3.8) is 0 Å². The number of carboxylic acid groups (broad SMARTS) is 1. The summed E-state index contributed by atoms with van der Waals surface area (Å²) in [6.07, 6.45) is -3.71. The summed E-state index contributed by atoms with van der Waals surface area (Å²) >= 11 is 0.891. The van der Waals surface area contributed by atoms with Gasteiger partial charge < -0.3 is 82.5 Å². The van der Waals surface area contributed by atoms with Crippen LogP contribution in [0.25, 0.3) is 0 Å². The number of aliphatic carboxylic acids is 1. The van der Waals surface area contributed by atoms with Gasteiger partial charge in [-0.2, -0.15) is 0 Å². The summed E-state index contributed by atoms with van der Waals surface area (Å²) in [5, 5.41) is 29.4. The molecule has 1 aliphatic heterocycles. The number of ketones is 6. The van der Waals surface area contributed by atoms with E-state index in [1.165, 1.54) is 0 Å². The summed E-state index contributed by atoms with van der Waals surface area (Å²) in [7, 11) is 0. The number of guanidine groups is 3. The second-order valence-electron chi connectivity index (χ2n) is 31.1. The van der Waals surface area contributed by atoms with Crippen LogP contribution in [0.1, 0.15) is 190 Å². The Labute approximate surface area is 679 Å². The predicted octanol–water partition coefficient (Wildman–Crippen LogP) is 2.41. The maximum atomic E-state index is 15.0. The van der Waals surface area contributed by atoms with E-state index in [0.29, 0.717) is 24.0 Å². The Hall–Kier alpha value is -10.1. The smallest absolute Gasteiger partial charge is 0.305 e. The maximum absolute atomic E-state index is 15.0. The molecular formula is C81H127N17O16S. The highest BCUT2D eigenvalue weighted by Gasteiger charge is 2.41. The summed E-state index contributed by atoms with van der Waals surface area (Å²) in [5.74, 6) is -21.3. The highest BCUT2D eigenvalue weighted by Crippen LogP contribution is 2.31. The fraction of sp³-hybridized carbons (Fsp3) is 0.630. The van der Waals surface area contributed by atoms with Gasteiger partial charge in [0.25, 0.3) is 0 Å². The molecule has 1 heterocycles. The molecule has 1 saturated heterocycles. The summed E-state index contributed by atoms with van der Waals surface area (Å²) in [6.45, 7) is 17.5. The molecule has 14 atom stereocenters. The lowest BCUT2D eigenvalue weighted by Crippen LogP contribution is -2.57. The second kappa shape index (κ2) is 51.6. The van der Waals surface area contributed by atoms with E-state index >= 15 is 9.59 Å². The Bertz CT molecular complexity index is 3680. The number of carbonyl (C=O) groups excluding carboxylic acids is 14. The van der Waals surface area contributed by atoms with Crippen molar-refractivity contribution in [1.82, 2.24) is 37.2 Å². The molecule has 1 aliphatic rings. The molecule has 0 aromatic heterocycles. The van der Waals surface area contributed by atoms with E-state index in [0.717, 1.165) is 11.8 Å². The third-order valence-electron chi connectivity index (χ3n) is 20.6. The molecule has 34 heteroatoms. The second-order valence-corrected chi connectivity index (χ2v) is 32.2. The largest absolute Gasteiger partial charge is 0.481 e. The molecule has 22 N–H and O–H groups in total. The number of rotatable bonds is 30. The molecule has 2 aromatic rings. The van der Waals surface area contributed by atoms with Crippen LogP contribution in [0.3, 0.4) is 0 Å². The van der Waals surface area contributed by atoms with Crippen molar-refractivity contribution < 1.29 is 77.0 Å². The van der Waals surface area contributed by atoms with Gasteiger partial charge in [-0.05, 0) is 92.1 Å². The number of nitrogens with zero attached hydrogens (tertiary/aromatic N) is 3. The highest BCUT2D eigenvalue weighted by molar-refractivity contribution is 8.00. The first-order valence-electron chi connectivity index (χ1n) is 39.8. The molecule has 0 saturated carbocycles. The van der Waals surface area contributed by atoms with Crippen molar-refractivity contribution in [2.75, 3.05) is 31.1 Å². The molecule has 8 amide bonds. The number of carboxylic acids is 1. The zero-order valence-electron chi connectivity index (χ0n) is 68.4. The van der Waals surface area contributed by atoms with Gasteiger partial charge in [0, 0.05) is 106 Å². The van der Waals surface area contributed by atoms with Crippen LogP contribution >= 0.6 is 11.8 Å². The number of aliphatic imine (C=N–C) groups is 3. The lowest BCUT2D eigenvalue weighted by Gasteiger charge is -2.30. The van der Waals surface area contributed by atoms with E-state index in [-0.39, 0.29) is 126 Å². The minimum atomic E-state index is -1.90.